The molecule has 5 heteroatoms. The Kier molecular flexibility index (Phi) is 9.36. The molecule has 0 heterocycles. The van der Waals surface area contributed by atoms with Crippen molar-refractivity contribution >= 4 is 16.7 Å². The van der Waals surface area contributed by atoms with Gasteiger partial charge in [-0.3, -0.25) is 9.00 Å². The summed E-state index contributed by atoms with van der Waals surface area (Å²) in [5, 5.41) is 2.39. The number of hydrogen-bond acceptors (Lipinski definition) is 3. The normalized spacial score (nSPS) is 16.2. The number of unbranched alkanes of at least 4 members (excludes halogenated alkanes) is 2. The fourth-order valence-corrected chi connectivity index (χ4v) is 2.61. The van der Waals surface area contributed by atoms with Crippen molar-refractivity contribution in [2.24, 2.45) is 5.73 Å². The molecule has 0 aliphatic heterocycles. The number of carbonyl (C=O) groups excluding carboxylic acids is 1. The van der Waals surface area contributed by atoms with Crippen LogP contribution in [0.5, 0.6) is 0 Å². The third kappa shape index (κ3) is 8.32. The molecule has 3 N–H and O–H groups in total. The molecule has 17 heavy (non-hydrogen) atoms. The van der Waals surface area contributed by atoms with Gasteiger partial charge in [-0.25, -0.2) is 0 Å². The minimum atomic E-state index is -1.11. The van der Waals surface area contributed by atoms with Crippen LogP contribution in [0.3, 0.4) is 0 Å². The van der Waals surface area contributed by atoms with E-state index in [1.807, 2.05) is 6.92 Å². The monoisotopic (exact) mass is 262 g/mol. The van der Waals surface area contributed by atoms with Gasteiger partial charge in [0.25, 0.3) is 0 Å². The van der Waals surface area contributed by atoms with Gasteiger partial charge < -0.3 is 11.1 Å². The molecule has 0 bridgehead atoms. The molecule has 0 aliphatic rings. The lowest BCUT2D eigenvalue weighted by Gasteiger charge is -2.12. The van der Waals surface area contributed by atoms with Gasteiger partial charge in [0.1, 0.15) is 5.25 Å². The SMILES string of the molecule is CCCCCNC(=O)C(C)S(=O)CCC(C)N. The summed E-state index contributed by atoms with van der Waals surface area (Å²) in [6.07, 6.45) is 3.93. The minimum absolute atomic E-state index is 0.0405. The minimum Gasteiger partial charge on any atom is -0.355 e. The van der Waals surface area contributed by atoms with Crippen LogP contribution in [0.2, 0.25) is 0 Å². The first-order chi connectivity index (χ1) is 7.99. The van der Waals surface area contributed by atoms with E-state index >= 15 is 0 Å². The number of amides is 1. The van der Waals surface area contributed by atoms with E-state index in [2.05, 4.69) is 12.2 Å². The Bertz CT molecular complexity index is 245. The second kappa shape index (κ2) is 9.59. The lowest BCUT2D eigenvalue weighted by atomic mass is 10.2. The van der Waals surface area contributed by atoms with Gasteiger partial charge in [-0.2, -0.15) is 0 Å². The van der Waals surface area contributed by atoms with Crippen LogP contribution in [0.25, 0.3) is 0 Å². The topological polar surface area (TPSA) is 72.2 Å². The quantitative estimate of drug-likeness (QED) is 0.613. The Balaban J connectivity index is 3.82. The zero-order chi connectivity index (χ0) is 13.3. The van der Waals surface area contributed by atoms with Crippen molar-refractivity contribution in [3.05, 3.63) is 0 Å². The molecule has 0 spiro atoms. The van der Waals surface area contributed by atoms with Crippen molar-refractivity contribution in [2.75, 3.05) is 12.3 Å². The van der Waals surface area contributed by atoms with E-state index in [0.717, 1.165) is 19.3 Å². The summed E-state index contributed by atoms with van der Waals surface area (Å²) in [5.74, 6) is 0.394. The zero-order valence-electron chi connectivity index (χ0n) is 11.2. The number of carbonyl (C=O) groups is 1. The molecule has 3 atom stereocenters. The first-order valence-electron chi connectivity index (χ1n) is 6.39. The van der Waals surface area contributed by atoms with Crippen LogP contribution in [0, 0.1) is 0 Å². The smallest absolute Gasteiger partial charge is 0.235 e. The molecule has 0 aliphatic carbocycles. The highest BCUT2D eigenvalue weighted by Gasteiger charge is 2.19. The standard InChI is InChI=1S/C12H26N2O2S/c1-4-5-6-8-14-12(15)11(3)17(16)9-7-10(2)13/h10-11H,4-9,13H2,1-3H3,(H,14,15). The van der Waals surface area contributed by atoms with Crippen LogP contribution < -0.4 is 11.1 Å². The molecule has 1 amide bonds. The fraction of sp³-hybridized carbons (Fsp3) is 0.917. The largest absolute Gasteiger partial charge is 0.355 e. The molecule has 102 valence electrons. The van der Waals surface area contributed by atoms with E-state index < -0.39 is 16.0 Å². The van der Waals surface area contributed by atoms with Crippen molar-refractivity contribution in [3.63, 3.8) is 0 Å². The Morgan fingerprint density at radius 1 is 1.35 bits per heavy atom. The number of nitrogens with two attached hydrogens (primary N) is 1. The van der Waals surface area contributed by atoms with Gasteiger partial charge >= 0.3 is 0 Å². The van der Waals surface area contributed by atoms with Crippen LogP contribution in [0.15, 0.2) is 0 Å². The molecule has 0 aromatic heterocycles. The molecule has 0 fully saturated rings. The molecule has 0 aromatic rings. The van der Waals surface area contributed by atoms with Crippen LogP contribution in [0.1, 0.15) is 46.5 Å². The summed E-state index contributed by atoms with van der Waals surface area (Å²) in [6, 6.07) is 0.0405. The van der Waals surface area contributed by atoms with Gasteiger partial charge in [0.15, 0.2) is 0 Å². The lowest BCUT2D eigenvalue weighted by Crippen LogP contribution is -2.37. The maximum atomic E-state index is 11.8. The summed E-state index contributed by atoms with van der Waals surface area (Å²) in [7, 11) is -1.11. The molecular formula is C12H26N2O2S. The average molecular weight is 262 g/mol. The number of rotatable bonds is 9. The van der Waals surface area contributed by atoms with Crippen LogP contribution in [-0.2, 0) is 15.6 Å². The second-order valence-electron chi connectivity index (χ2n) is 4.49. The Hall–Kier alpha value is -0.420. The number of hydrogen-bond donors (Lipinski definition) is 2. The molecule has 0 radical (unpaired) electrons. The summed E-state index contributed by atoms with van der Waals surface area (Å²) >= 11 is 0. The van der Waals surface area contributed by atoms with E-state index in [0.29, 0.717) is 18.7 Å². The predicted molar refractivity (Wildman–Crippen MR) is 73.3 cm³/mol. The van der Waals surface area contributed by atoms with Crippen LogP contribution in [0.4, 0.5) is 0 Å². The van der Waals surface area contributed by atoms with Gasteiger partial charge in [0.05, 0.1) is 0 Å². The van der Waals surface area contributed by atoms with E-state index in [1.54, 1.807) is 6.92 Å². The van der Waals surface area contributed by atoms with Crippen LogP contribution in [-0.4, -0.2) is 33.7 Å². The molecule has 4 nitrogen and oxygen atoms in total. The predicted octanol–water partition coefficient (Wildman–Crippen LogP) is 1.17. The maximum absolute atomic E-state index is 11.8. The Morgan fingerprint density at radius 3 is 2.53 bits per heavy atom. The summed E-state index contributed by atoms with van der Waals surface area (Å²) in [6.45, 7) is 6.40. The first-order valence-corrected chi connectivity index (χ1v) is 7.77. The van der Waals surface area contributed by atoms with Gasteiger partial charge in [-0.15, -0.1) is 0 Å². The summed E-state index contributed by atoms with van der Waals surface area (Å²) < 4.78 is 11.8. The van der Waals surface area contributed by atoms with Crippen molar-refractivity contribution in [1.82, 2.24) is 5.32 Å². The fourth-order valence-electron chi connectivity index (χ4n) is 1.33. The van der Waals surface area contributed by atoms with Crippen LogP contribution >= 0.6 is 0 Å². The summed E-state index contributed by atoms with van der Waals surface area (Å²) in [5.41, 5.74) is 5.60. The van der Waals surface area contributed by atoms with Crippen molar-refractivity contribution in [3.8, 4) is 0 Å². The molecule has 0 saturated carbocycles. The van der Waals surface area contributed by atoms with Crippen molar-refractivity contribution < 1.29 is 9.00 Å². The molecule has 0 rings (SSSR count). The highest BCUT2D eigenvalue weighted by molar-refractivity contribution is 7.86. The molecular weight excluding hydrogens is 236 g/mol. The summed E-state index contributed by atoms with van der Waals surface area (Å²) in [4.78, 5) is 11.7. The lowest BCUT2D eigenvalue weighted by molar-refractivity contribution is -0.120. The third-order valence-corrected chi connectivity index (χ3v) is 4.26. The van der Waals surface area contributed by atoms with Gasteiger partial charge in [-0.1, -0.05) is 19.8 Å². The zero-order valence-corrected chi connectivity index (χ0v) is 12.0. The van der Waals surface area contributed by atoms with E-state index in [1.165, 1.54) is 0 Å². The average Bonchev–Trinajstić information content (AvgIpc) is 2.30. The third-order valence-electron chi connectivity index (χ3n) is 2.62. The van der Waals surface area contributed by atoms with E-state index in [4.69, 9.17) is 5.73 Å². The molecule has 0 aromatic carbocycles. The van der Waals surface area contributed by atoms with Gasteiger partial charge in [0.2, 0.25) is 5.91 Å². The highest BCUT2D eigenvalue weighted by Crippen LogP contribution is 2.01. The Labute approximate surface area is 107 Å². The van der Waals surface area contributed by atoms with Crippen molar-refractivity contribution in [2.45, 2.75) is 57.7 Å². The number of nitrogens with one attached hydrogen (secondary N) is 1. The highest BCUT2D eigenvalue weighted by atomic mass is 32.2. The Morgan fingerprint density at radius 2 is 2.00 bits per heavy atom. The second-order valence-corrected chi connectivity index (χ2v) is 6.37. The molecule has 3 unspecified atom stereocenters. The maximum Gasteiger partial charge on any atom is 0.235 e. The van der Waals surface area contributed by atoms with Gasteiger partial charge in [0, 0.05) is 29.1 Å². The molecule has 0 saturated heterocycles. The van der Waals surface area contributed by atoms with E-state index in [-0.39, 0.29) is 11.9 Å². The van der Waals surface area contributed by atoms with E-state index in [9.17, 15) is 9.00 Å². The van der Waals surface area contributed by atoms with Crippen molar-refractivity contribution in [1.29, 1.82) is 0 Å². The van der Waals surface area contributed by atoms with Gasteiger partial charge in [-0.05, 0) is 26.7 Å². The first kappa shape index (κ1) is 16.6.